The van der Waals surface area contributed by atoms with Crippen molar-refractivity contribution in [3.05, 3.63) is 29.0 Å². The molecule has 1 aliphatic heterocycles. The standard InChI is InChI=1S/C18H23BrN4O2/c1-12-10-22(25-17(24)18(2,3)4)7-8-23(12)16-14-9-13(19)5-6-15(14)20-11-21-16/h5-6,9,11-12H,7-8,10H2,1-4H3/t12-/m0/s1. The molecule has 2 heterocycles. The van der Waals surface area contributed by atoms with Crippen LogP contribution >= 0.6 is 15.9 Å². The molecule has 1 fully saturated rings. The largest absolute Gasteiger partial charge is 0.367 e. The number of carbonyl (C=O) groups is 1. The van der Waals surface area contributed by atoms with Crippen LogP contribution in [0.5, 0.6) is 0 Å². The van der Waals surface area contributed by atoms with E-state index in [9.17, 15) is 4.79 Å². The summed E-state index contributed by atoms with van der Waals surface area (Å²) in [6.45, 7) is 9.72. The summed E-state index contributed by atoms with van der Waals surface area (Å²) in [5, 5.41) is 2.78. The Kier molecular flexibility index (Phi) is 4.97. The Morgan fingerprint density at radius 1 is 1.28 bits per heavy atom. The zero-order valence-corrected chi connectivity index (χ0v) is 16.6. The number of rotatable bonds is 2. The van der Waals surface area contributed by atoms with Crippen molar-refractivity contribution in [1.82, 2.24) is 15.0 Å². The minimum absolute atomic E-state index is 0.165. The fourth-order valence-corrected chi connectivity index (χ4v) is 3.18. The highest BCUT2D eigenvalue weighted by atomic mass is 79.9. The number of nitrogens with zero attached hydrogens (tertiary/aromatic N) is 4. The van der Waals surface area contributed by atoms with Crippen molar-refractivity contribution in [2.45, 2.75) is 33.7 Å². The number of piperazine rings is 1. The van der Waals surface area contributed by atoms with Gasteiger partial charge in [-0.1, -0.05) is 15.9 Å². The van der Waals surface area contributed by atoms with Crippen LogP contribution in [0.1, 0.15) is 27.7 Å². The van der Waals surface area contributed by atoms with Gasteiger partial charge in [-0.2, -0.15) is 0 Å². The van der Waals surface area contributed by atoms with Gasteiger partial charge in [0.2, 0.25) is 0 Å². The minimum atomic E-state index is -0.504. The number of hydrogen-bond donors (Lipinski definition) is 0. The lowest BCUT2D eigenvalue weighted by atomic mass is 9.98. The summed E-state index contributed by atoms with van der Waals surface area (Å²) in [7, 11) is 0. The van der Waals surface area contributed by atoms with Gasteiger partial charge < -0.3 is 9.74 Å². The molecule has 2 aromatic rings. The first kappa shape index (κ1) is 18.1. The van der Waals surface area contributed by atoms with Gasteiger partial charge in [0.25, 0.3) is 0 Å². The summed E-state index contributed by atoms with van der Waals surface area (Å²) < 4.78 is 1.00. The molecular weight excluding hydrogens is 384 g/mol. The molecule has 0 radical (unpaired) electrons. The van der Waals surface area contributed by atoms with Gasteiger partial charge in [0, 0.05) is 22.4 Å². The first-order valence-corrected chi connectivity index (χ1v) is 9.19. The number of benzene rings is 1. The summed E-state index contributed by atoms with van der Waals surface area (Å²) in [6.07, 6.45) is 1.60. The van der Waals surface area contributed by atoms with Crippen LogP contribution in [0.15, 0.2) is 29.0 Å². The number of carbonyl (C=O) groups excluding carboxylic acids is 1. The highest BCUT2D eigenvalue weighted by Crippen LogP contribution is 2.29. The van der Waals surface area contributed by atoms with Crippen molar-refractivity contribution in [3.63, 3.8) is 0 Å². The van der Waals surface area contributed by atoms with Gasteiger partial charge in [0.05, 0.1) is 24.0 Å². The number of fused-ring (bicyclic) bond motifs is 1. The first-order valence-electron chi connectivity index (χ1n) is 8.40. The van der Waals surface area contributed by atoms with Crippen LogP contribution in [-0.2, 0) is 9.63 Å². The molecule has 0 amide bonds. The second kappa shape index (κ2) is 6.88. The van der Waals surface area contributed by atoms with E-state index in [0.29, 0.717) is 13.1 Å². The molecule has 0 unspecified atom stereocenters. The normalized spacial score (nSPS) is 19.2. The summed E-state index contributed by atoms with van der Waals surface area (Å²) in [5.41, 5.74) is 0.414. The molecule has 0 bridgehead atoms. The molecule has 134 valence electrons. The van der Waals surface area contributed by atoms with E-state index in [1.807, 2.05) is 39.0 Å². The molecule has 1 atom stereocenters. The summed E-state index contributed by atoms with van der Waals surface area (Å²) in [6, 6.07) is 6.17. The van der Waals surface area contributed by atoms with Crippen molar-refractivity contribution >= 4 is 38.6 Å². The molecule has 6 nitrogen and oxygen atoms in total. The van der Waals surface area contributed by atoms with E-state index in [1.165, 1.54) is 0 Å². The van der Waals surface area contributed by atoms with Crippen LogP contribution < -0.4 is 4.90 Å². The van der Waals surface area contributed by atoms with E-state index in [4.69, 9.17) is 4.84 Å². The van der Waals surface area contributed by atoms with Crippen LogP contribution in [0.25, 0.3) is 10.9 Å². The Balaban J connectivity index is 1.78. The lowest BCUT2D eigenvalue weighted by Crippen LogP contribution is -2.53. The minimum Gasteiger partial charge on any atom is -0.367 e. The van der Waals surface area contributed by atoms with Gasteiger partial charge in [0.1, 0.15) is 12.1 Å². The third-order valence-corrected chi connectivity index (χ3v) is 4.76. The maximum absolute atomic E-state index is 12.1. The maximum atomic E-state index is 12.1. The Hall–Kier alpha value is -1.73. The molecule has 1 saturated heterocycles. The van der Waals surface area contributed by atoms with Crippen LogP contribution in [0.2, 0.25) is 0 Å². The lowest BCUT2D eigenvalue weighted by molar-refractivity contribution is -0.203. The molecule has 25 heavy (non-hydrogen) atoms. The molecule has 0 saturated carbocycles. The number of hydrogen-bond acceptors (Lipinski definition) is 6. The van der Waals surface area contributed by atoms with Gasteiger partial charge in [0.15, 0.2) is 0 Å². The average Bonchev–Trinajstić information content (AvgIpc) is 2.54. The Labute approximate surface area is 156 Å². The van der Waals surface area contributed by atoms with Gasteiger partial charge in [-0.3, -0.25) is 0 Å². The fraction of sp³-hybridized carbons (Fsp3) is 0.500. The van der Waals surface area contributed by atoms with Crippen LogP contribution in [0.4, 0.5) is 5.82 Å². The fourth-order valence-electron chi connectivity index (χ4n) is 2.82. The predicted molar refractivity (Wildman–Crippen MR) is 101 cm³/mol. The summed E-state index contributed by atoms with van der Waals surface area (Å²) in [5.74, 6) is 0.713. The highest BCUT2D eigenvalue weighted by molar-refractivity contribution is 9.10. The van der Waals surface area contributed by atoms with Crippen molar-refractivity contribution < 1.29 is 9.63 Å². The van der Waals surface area contributed by atoms with Gasteiger partial charge >= 0.3 is 5.97 Å². The summed E-state index contributed by atoms with van der Waals surface area (Å²) in [4.78, 5) is 28.8. The third kappa shape index (κ3) is 3.93. The second-order valence-electron chi connectivity index (χ2n) is 7.42. The number of hydroxylamine groups is 2. The van der Waals surface area contributed by atoms with Gasteiger partial charge in [-0.05, 0) is 45.9 Å². The number of halogens is 1. The summed E-state index contributed by atoms with van der Waals surface area (Å²) >= 11 is 3.52. The Bertz CT molecular complexity index is 790. The van der Waals surface area contributed by atoms with Crippen LogP contribution in [-0.4, -0.2) is 46.7 Å². The zero-order chi connectivity index (χ0) is 18.2. The van der Waals surface area contributed by atoms with Crippen molar-refractivity contribution in [1.29, 1.82) is 0 Å². The molecule has 1 aliphatic rings. The number of anilines is 1. The molecule has 7 heteroatoms. The zero-order valence-electron chi connectivity index (χ0n) is 15.0. The van der Waals surface area contributed by atoms with E-state index in [0.717, 1.165) is 27.7 Å². The topological polar surface area (TPSA) is 58.6 Å². The van der Waals surface area contributed by atoms with E-state index in [1.54, 1.807) is 11.4 Å². The van der Waals surface area contributed by atoms with Crippen molar-refractivity contribution in [2.24, 2.45) is 5.41 Å². The van der Waals surface area contributed by atoms with E-state index < -0.39 is 5.41 Å². The molecule has 1 aromatic heterocycles. The van der Waals surface area contributed by atoms with Crippen molar-refractivity contribution in [3.8, 4) is 0 Å². The van der Waals surface area contributed by atoms with Gasteiger partial charge in [-0.25, -0.2) is 14.8 Å². The SMILES string of the molecule is C[C@H]1CN(OC(=O)C(C)(C)C)CCN1c1ncnc2ccc(Br)cc12. The monoisotopic (exact) mass is 406 g/mol. The Morgan fingerprint density at radius 2 is 2.04 bits per heavy atom. The lowest BCUT2D eigenvalue weighted by Gasteiger charge is -2.40. The van der Waals surface area contributed by atoms with E-state index >= 15 is 0 Å². The van der Waals surface area contributed by atoms with E-state index in [2.05, 4.69) is 37.7 Å². The predicted octanol–water partition coefficient (Wildman–Crippen LogP) is 3.41. The number of aromatic nitrogens is 2. The van der Waals surface area contributed by atoms with Gasteiger partial charge in [-0.15, -0.1) is 5.06 Å². The molecule has 3 rings (SSSR count). The van der Waals surface area contributed by atoms with Crippen molar-refractivity contribution in [2.75, 3.05) is 24.5 Å². The molecular formula is C18H23BrN4O2. The smallest absolute Gasteiger partial charge is 0.330 e. The molecule has 0 aliphatic carbocycles. The Morgan fingerprint density at radius 3 is 2.72 bits per heavy atom. The quantitative estimate of drug-likeness (QED) is 0.761. The second-order valence-corrected chi connectivity index (χ2v) is 8.33. The third-order valence-electron chi connectivity index (χ3n) is 4.26. The average molecular weight is 407 g/mol. The van der Waals surface area contributed by atoms with Crippen LogP contribution in [0, 0.1) is 5.41 Å². The highest BCUT2D eigenvalue weighted by Gasteiger charge is 2.31. The molecule has 0 N–H and O–H groups in total. The van der Waals surface area contributed by atoms with Crippen LogP contribution in [0.3, 0.4) is 0 Å². The first-order chi connectivity index (χ1) is 11.8. The molecule has 1 aromatic carbocycles. The molecule has 0 spiro atoms. The maximum Gasteiger partial charge on any atom is 0.330 e. The van der Waals surface area contributed by atoms with E-state index in [-0.39, 0.29) is 12.0 Å².